The molecule has 2 aromatic rings. The number of hydrogen-bond donors (Lipinski definition) is 1. The van der Waals surface area contributed by atoms with E-state index < -0.39 is 0 Å². The van der Waals surface area contributed by atoms with Gasteiger partial charge in [0.05, 0.1) is 7.11 Å². The zero-order valence-corrected chi connectivity index (χ0v) is 14.7. The minimum Gasteiger partial charge on any atom is -0.496 e. The van der Waals surface area contributed by atoms with E-state index in [1.807, 2.05) is 19.2 Å². The van der Waals surface area contributed by atoms with Crippen molar-refractivity contribution in [2.24, 2.45) is 0 Å². The second-order valence-electron chi connectivity index (χ2n) is 6.31. The second-order valence-corrected chi connectivity index (χ2v) is 6.31. The minimum absolute atomic E-state index is 0.298. The van der Waals surface area contributed by atoms with Crippen molar-refractivity contribution in [1.29, 1.82) is 0 Å². The molecule has 4 nitrogen and oxygen atoms in total. The zero-order valence-electron chi connectivity index (χ0n) is 14.7. The van der Waals surface area contributed by atoms with Gasteiger partial charge >= 0.3 is 0 Å². The van der Waals surface area contributed by atoms with Crippen LogP contribution in [-0.2, 0) is 0 Å². The molecule has 0 amide bonds. The van der Waals surface area contributed by atoms with E-state index in [1.54, 1.807) is 7.11 Å². The number of hydrogen-bond acceptors (Lipinski definition) is 4. The Kier molecular flexibility index (Phi) is 5.26. The third-order valence-electron chi connectivity index (χ3n) is 4.63. The highest BCUT2D eigenvalue weighted by Crippen LogP contribution is 2.34. The van der Waals surface area contributed by atoms with Crippen LogP contribution in [0.4, 0.5) is 5.69 Å². The van der Waals surface area contributed by atoms with Gasteiger partial charge in [-0.2, -0.15) is 0 Å². The first-order valence-electron chi connectivity index (χ1n) is 8.51. The smallest absolute Gasteiger partial charge is 0.130 e. The molecule has 1 fully saturated rings. The molecule has 0 aromatic heterocycles. The molecule has 0 unspecified atom stereocenters. The summed E-state index contributed by atoms with van der Waals surface area (Å²) in [5.41, 5.74) is 3.31. The highest BCUT2D eigenvalue weighted by molar-refractivity contribution is 5.73. The summed E-state index contributed by atoms with van der Waals surface area (Å²) in [7, 11) is 5.79. The van der Waals surface area contributed by atoms with Crippen LogP contribution in [0.2, 0.25) is 0 Å². The number of likely N-dealkylation sites (tertiary alicyclic amines) is 1. The average Bonchev–Trinajstić information content (AvgIpc) is 2.63. The van der Waals surface area contributed by atoms with Crippen LogP contribution in [0.25, 0.3) is 11.1 Å². The number of nitrogens with one attached hydrogen (secondary N) is 1. The summed E-state index contributed by atoms with van der Waals surface area (Å²) in [4.78, 5) is 2.35. The predicted molar refractivity (Wildman–Crippen MR) is 99.1 cm³/mol. The number of rotatable bonds is 5. The predicted octanol–water partition coefficient (Wildman–Crippen LogP) is 3.88. The molecule has 1 saturated heterocycles. The summed E-state index contributed by atoms with van der Waals surface area (Å²) in [6.07, 6.45) is 2.45. The van der Waals surface area contributed by atoms with Crippen LogP contribution < -0.4 is 14.8 Å². The van der Waals surface area contributed by atoms with Crippen LogP contribution in [0.5, 0.6) is 11.5 Å². The van der Waals surface area contributed by atoms with Crippen molar-refractivity contribution in [2.45, 2.75) is 18.9 Å². The summed E-state index contributed by atoms with van der Waals surface area (Å²) >= 11 is 0. The molecule has 2 aromatic carbocycles. The van der Waals surface area contributed by atoms with Gasteiger partial charge in [-0.3, -0.25) is 0 Å². The van der Waals surface area contributed by atoms with Gasteiger partial charge in [0, 0.05) is 37.5 Å². The Morgan fingerprint density at radius 3 is 2.38 bits per heavy atom. The first-order chi connectivity index (χ1) is 11.7. The van der Waals surface area contributed by atoms with Gasteiger partial charge in [0.2, 0.25) is 0 Å². The van der Waals surface area contributed by atoms with Crippen LogP contribution >= 0.6 is 0 Å². The molecule has 0 atom stereocenters. The molecule has 0 radical (unpaired) electrons. The third kappa shape index (κ3) is 3.82. The molecule has 4 heteroatoms. The lowest BCUT2D eigenvalue weighted by atomic mass is 10.0. The Labute approximate surface area is 144 Å². The lowest BCUT2D eigenvalue weighted by molar-refractivity contribution is 0.114. The number of methoxy groups -OCH3 is 1. The summed E-state index contributed by atoms with van der Waals surface area (Å²) in [6, 6.07) is 14.5. The average molecular weight is 326 g/mol. The summed E-state index contributed by atoms with van der Waals surface area (Å²) in [5.74, 6) is 1.73. The second kappa shape index (κ2) is 7.58. The fourth-order valence-electron chi connectivity index (χ4n) is 3.09. The van der Waals surface area contributed by atoms with Gasteiger partial charge in [-0.25, -0.2) is 0 Å². The van der Waals surface area contributed by atoms with Gasteiger partial charge < -0.3 is 19.7 Å². The Hall–Kier alpha value is -2.20. The SMILES string of the molecule is CNc1ccc(-c2ccc(OC3CCN(C)CC3)cc2OC)cc1. The normalized spacial score (nSPS) is 16.0. The van der Waals surface area contributed by atoms with Gasteiger partial charge in [0.1, 0.15) is 17.6 Å². The van der Waals surface area contributed by atoms with E-state index >= 15 is 0 Å². The van der Waals surface area contributed by atoms with Crippen molar-refractivity contribution >= 4 is 5.69 Å². The van der Waals surface area contributed by atoms with Gasteiger partial charge in [-0.15, -0.1) is 0 Å². The standard InChI is InChI=1S/C20H26N2O2/c1-21-16-6-4-15(5-7-16)19-9-8-18(14-20(19)23-3)24-17-10-12-22(2)13-11-17/h4-9,14,17,21H,10-13H2,1-3H3. The van der Waals surface area contributed by atoms with Crippen molar-refractivity contribution < 1.29 is 9.47 Å². The van der Waals surface area contributed by atoms with Crippen LogP contribution in [0.1, 0.15) is 12.8 Å². The number of piperidine rings is 1. The van der Waals surface area contributed by atoms with E-state index in [0.29, 0.717) is 6.10 Å². The lowest BCUT2D eigenvalue weighted by Crippen LogP contribution is -2.35. The number of anilines is 1. The third-order valence-corrected chi connectivity index (χ3v) is 4.63. The molecule has 3 rings (SSSR count). The van der Waals surface area contributed by atoms with Gasteiger partial charge in [-0.1, -0.05) is 12.1 Å². The Bertz CT molecular complexity index is 662. The highest BCUT2D eigenvalue weighted by atomic mass is 16.5. The van der Waals surface area contributed by atoms with Crippen molar-refractivity contribution in [3.05, 3.63) is 42.5 Å². The Balaban J connectivity index is 1.77. The number of benzene rings is 2. The van der Waals surface area contributed by atoms with E-state index in [4.69, 9.17) is 9.47 Å². The first-order valence-corrected chi connectivity index (χ1v) is 8.51. The summed E-state index contributed by atoms with van der Waals surface area (Å²) in [5, 5.41) is 3.14. The molecular formula is C20H26N2O2. The maximum absolute atomic E-state index is 6.16. The van der Waals surface area contributed by atoms with E-state index in [1.165, 1.54) is 0 Å². The van der Waals surface area contributed by atoms with E-state index in [0.717, 1.165) is 54.2 Å². The zero-order chi connectivity index (χ0) is 16.9. The van der Waals surface area contributed by atoms with Crippen molar-refractivity contribution in [3.8, 4) is 22.6 Å². The van der Waals surface area contributed by atoms with Crippen LogP contribution in [-0.4, -0.2) is 45.3 Å². The molecule has 1 heterocycles. The molecule has 0 bridgehead atoms. The largest absolute Gasteiger partial charge is 0.496 e. The molecule has 0 saturated carbocycles. The summed E-state index contributed by atoms with van der Waals surface area (Å²) < 4.78 is 11.8. The molecular weight excluding hydrogens is 300 g/mol. The fourth-order valence-corrected chi connectivity index (χ4v) is 3.09. The molecule has 1 N–H and O–H groups in total. The first kappa shape index (κ1) is 16.7. The van der Waals surface area contributed by atoms with Crippen molar-refractivity contribution in [2.75, 3.05) is 39.6 Å². The van der Waals surface area contributed by atoms with Gasteiger partial charge in [0.15, 0.2) is 0 Å². The van der Waals surface area contributed by atoms with E-state index in [2.05, 4.69) is 47.6 Å². The number of nitrogens with zero attached hydrogens (tertiary/aromatic N) is 1. The Morgan fingerprint density at radius 1 is 1.04 bits per heavy atom. The van der Waals surface area contributed by atoms with Crippen LogP contribution in [0.3, 0.4) is 0 Å². The Morgan fingerprint density at radius 2 is 1.75 bits per heavy atom. The lowest BCUT2D eigenvalue weighted by Gasteiger charge is -2.29. The molecule has 1 aliphatic rings. The van der Waals surface area contributed by atoms with Gasteiger partial charge in [-0.05, 0) is 49.7 Å². The van der Waals surface area contributed by atoms with E-state index in [-0.39, 0.29) is 0 Å². The molecule has 0 spiro atoms. The maximum atomic E-state index is 6.16. The topological polar surface area (TPSA) is 33.7 Å². The highest BCUT2D eigenvalue weighted by Gasteiger charge is 2.18. The molecule has 0 aliphatic carbocycles. The molecule has 1 aliphatic heterocycles. The maximum Gasteiger partial charge on any atom is 0.130 e. The molecule has 24 heavy (non-hydrogen) atoms. The monoisotopic (exact) mass is 326 g/mol. The van der Waals surface area contributed by atoms with Crippen molar-refractivity contribution in [3.63, 3.8) is 0 Å². The minimum atomic E-state index is 0.298. The quantitative estimate of drug-likeness (QED) is 0.904. The number of ether oxygens (including phenoxy) is 2. The van der Waals surface area contributed by atoms with E-state index in [9.17, 15) is 0 Å². The van der Waals surface area contributed by atoms with Crippen LogP contribution in [0.15, 0.2) is 42.5 Å². The van der Waals surface area contributed by atoms with Crippen LogP contribution in [0, 0.1) is 0 Å². The van der Waals surface area contributed by atoms with Gasteiger partial charge in [0.25, 0.3) is 0 Å². The van der Waals surface area contributed by atoms with Crippen molar-refractivity contribution in [1.82, 2.24) is 4.90 Å². The molecule has 128 valence electrons. The summed E-state index contributed by atoms with van der Waals surface area (Å²) in [6.45, 7) is 2.19. The fraction of sp³-hybridized carbons (Fsp3) is 0.400.